The molecule has 366 valence electrons. The molecule has 0 aromatic rings. The Labute approximate surface area is 386 Å². The molecule has 4 N–H and O–H groups in total. The van der Waals surface area contributed by atoms with Gasteiger partial charge in [-0.25, -0.2) is 4.79 Å². The minimum atomic E-state index is -2.43. The number of ether oxygens (including phenoxy) is 4. The number of nitrogens with zero attached hydrogens (tertiary/aromatic N) is 1. The number of aliphatic hydroxyl groups is 4. The molecule has 15 atom stereocenters. The largest absolute Gasteiger partial charge is 0.460 e. The summed E-state index contributed by atoms with van der Waals surface area (Å²) in [6.07, 6.45) is 12.0. The highest BCUT2D eigenvalue weighted by atomic mass is 16.6. The topological polar surface area (TPSA) is 206 Å². The minimum Gasteiger partial charge on any atom is -0.460 e. The second-order valence-electron chi connectivity index (χ2n) is 19.7. The number of carbonyl (C=O) groups excluding carboxylic acids is 5. The standard InChI is InChI=1S/C51H79NO13/c1-30-15-11-10-12-16-31(2)43(62-8)27-38-20-18-36(7)51(61,65-38)48(58)49(59)52-22-14-13-17-40(52)50(60)64-44(33(4)25-37-19-21-41(54)45(26-37)63-9)28-42(55)32(3)24-35(6)47(57)39(29-53)46(56)34(5)23-30/h10-12,15-16,24,30,32-34,36-41,43-45,47,53-54,57,61H,13-14,17-23,25-29H2,1-9H3/b12-10+,15-11+,31-16+,35-24+/t30-,32-,33-,34-,36-,37+,38+,39+,40+,41-,43+,44+,45-,47-,51-/m1/s1. The maximum Gasteiger partial charge on any atom is 0.329 e. The molecule has 2 saturated heterocycles. The highest BCUT2D eigenvalue weighted by Crippen LogP contribution is 2.38. The third-order valence-corrected chi connectivity index (χ3v) is 14.6. The number of ketones is 3. The molecule has 3 heterocycles. The van der Waals surface area contributed by atoms with E-state index in [4.69, 9.17) is 18.9 Å². The van der Waals surface area contributed by atoms with Crippen molar-refractivity contribution in [3.8, 4) is 0 Å². The maximum atomic E-state index is 14.4. The molecule has 14 nitrogen and oxygen atoms in total. The molecule has 3 fully saturated rings. The summed E-state index contributed by atoms with van der Waals surface area (Å²) in [6, 6.07) is -1.15. The predicted molar refractivity (Wildman–Crippen MR) is 245 cm³/mol. The molecule has 0 unspecified atom stereocenters. The molecule has 65 heavy (non-hydrogen) atoms. The zero-order valence-electron chi connectivity index (χ0n) is 40.4. The van der Waals surface area contributed by atoms with E-state index < -0.39 is 90.3 Å². The van der Waals surface area contributed by atoms with Crippen molar-refractivity contribution in [2.45, 2.75) is 174 Å². The molecular weight excluding hydrogens is 835 g/mol. The molecule has 1 amide bonds. The lowest BCUT2D eigenvalue weighted by atomic mass is 9.78. The number of methoxy groups -OCH3 is 2. The zero-order valence-corrected chi connectivity index (χ0v) is 40.4. The first-order valence-electron chi connectivity index (χ1n) is 24.0. The van der Waals surface area contributed by atoms with E-state index in [0.717, 1.165) is 5.57 Å². The van der Waals surface area contributed by atoms with Gasteiger partial charge in [-0.3, -0.25) is 19.2 Å². The molecule has 1 saturated carbocycles. The van der Waals surface area contributed by atoms with Crippen LogP contribution in [-0.4, -0.2) is 130 Å². The maximum absolute atomic E-state index is 14.4. The first kappa shape index (κ1) is 54.2. The number of Topliss-reactive ketones (excluding diaryl/α,β-unsaturated/α-hetero) is 3. The van der Waals surface area contributed by atoms with Crippen LogP contribution < -0.4 is 0 Å². The summed E-state index contributed by atoms with van der Waals surface area (Å²) in [5.74, 6) is -9.25. The van der Waals surface area contributed by atoms with E-state index in [-0.39, 0.29) is 54.8 Å². The molecule has 4 aliphatic rings. The van der Waals surface area contributed by atoms with Crippen LogP contribution >= 0.6 is 0 Å². The smallest absolute Gasteiger partial charge is 0.329 e. The lowest BCUT2D eigenvalue weighted by Crippen LogP contribution is -2.61. The van der Waals surface area contributed by atoms with Gasteiger partial charge < -0.3 is 44.3 Å². The second kappa shape index (κ2) is 25.1. The van der Waals surface area contributed by atoms with Crippen LogP contribution in [0.15, 0.2) is 47.6 Å². The van der Waals surface area contributed by atoms with Crippen LogP contribution in [0.1, 0.15) is 126 Å². The van der Waals surface area contributed by atoms with Gasteiger partial charge in [0.1, 0.15) is 23.7 Å². The lowest BCUT2D eigenvalue weighted by Gasteiger charge is -2.42. The number of rotatable bonds is 6. The zero-order chi connectivity index (χ0) is 48.2. The molecule has 1 aliphatic carbocycles. The van der Waals surface area contributed by atoms with Gasteiger partial charge in [0.15, 0.2) is 0 Å². The molecule has 3 aliphatic heterocycles. The summed E-state index contributed by atoms with van der Waals surface area (Å²) < 4.78 is 23.8. The van der Waals surface area contributed by atoms with Crippen molar-refractivity contribution in [1.82, 2.24) is 4.90 Å². The van der Waals surface area contributed by atoms with Gasteiger partial charge in [0.2, 0.25) is 5.79 Å². The summed E-state index contributed by atoms with van der Waals surface area (Å²) in [5, 5.41) is 44.1. The third kappa shape index (κ3) is 14.3. The van der Waals surface area contributed by atoms with Gasteiger partial charge in [-0.05, 0) is 107 Å². The number of hydrogen-bond acceptors (Lipinski definition) is 13. The molecular formula is C51H79NO13. The van der Waals surface area contributed by atoms with E-state index in [2.05, 4.69) is 0 Å². The number of hydrogen-bond donors (Lipinski definition) is 4. The van der Waals surface area contributed by atoms with Gasteiger partial charge in [0.05, 0.1) is 43.0 Å². The Kier molecular flexibility index (Phi) is 21.0. The van der Waals surface area contributed by atoms with Crippen LogP contribution in [0.4, 0.5) is 0 Å². The predicted octanol–water partition coefficient (Wildman–Crippen LogP) is 5.77. The minimum absolute atomic E-state index is 0.00677. The number of fused-ring (bicyclic) bond motifs is 3. The average Bonchev–Trinajstić information content (AvgIpc) is 3.28. The Morgan fingerprint density at radius 3 is 2.28 bits per heavy atom. The second-order valence-corrected chi connectivity index (χ2v) is 19.7. The SMILES string of the molecule is CO[C@H]1C[C@@H]2CC[C@@H](C)[C@@](O)(O2)C(=O)C(=O)N2CCCC[C@H]2C(=O)O[C@H]([C@H](C)C[C@@H]2CC[C@@H](O)[C@H](OC)C2)CC(=O)[C@H](C)/C=C(\C)[C@@H](O)[C@@H](CO)C(=O)[C@H](C)C[C@H](C)/C=C/C=C/C=C/1C. The van der Waals surface area contributed by atoms with E-state index in [0.29, 0.717) is 69.8 Å². The van der Waals surface area contributed by atoms with Crippen molar-refractivity contribution in [2.75, 3.05) is 27.4 Å². The van der Waals surface area contributed by atoms with Crippen LogP contribution in [0.25, 0.3) is 0 Å². The van der Waals surface area contributed by atoms with Gasteiger partial charge in [-0.1, -0.05) is 71.1 Å². The fraction of sp³-hybridized carbons (Fsp3) is 0.745. The summed E-state index contributed by atoms with van der Waals surface area (Å²) in [7, 11) is 3.13. The Bertz CT molecular complexity index is 1760. The first-order chi connectivity index (χ1) is 30.7. The fourth-order valence-electron chi connectivity index (χ4n) is 10.2. The quantitative estimate of drug-likeness (QED) is 0.142. The average molecular weight is 914 g/mol. The van der Waals surface area contributed by atoms with Gasteiger partial charge in [0, 0.05) is 51.4 Å². The van der Waals surface area contributed by atoms with Gasteiger partial charge in [-0.2, -0.15) is 0 Å². The monoisotopic (exact) mass is 914 g/mol. The summed E-state index contributed by atoms with van der Waals surface area (Å²) in [5.41, 5.74) is 1.22. The summed E-state index contributed by atoms with van der Waals surface area (Å²) in [4.78, 5) is 71.7. The number of amides is 1. The molecule has 0 aromatic carbocycles. The Morgan fingerprint density at radius 1 is 0.877 bits per heavy atom. The van der Waals surface area contributed by atoms with E-state index >= 15 is 0 Å². The number of esters is 1. The van der Waals surface area contributed by atoms with Gasteiger partial charge in [0.25, 0.3) is 11.7 Å². The molecule has 14 heteroatoms. The summed E-state index contributed by atoms with van der Waals surface area (Å²) in [6.45, 7) is 12.0. The van der Waals surface area contributed by atoms with Gasteiger partial charge >= 0.3 is 5.97 Å². The van der Waals surface area contributed by atoms with Crippen LogP contribution in [0.3, 0.4) is 0 Å². The number of carbonyl (C=O) groups is 5. The van der Waals surface area contributed by atoms with Crippen LogP contribution in [0, 0.1) is 41.4 Å². The lowest BCUT2D eigenvalue weighted by molar-refractivity contribution is -0.265. The fourth-order valence-corrected chi connectivity index (χ4v) is 10.2. The highest BCUT2D eigenvalue weighted by molar-refractivity contribution is 6.39. The number of piperidine rings is 1. The van der Waals surface area contributed by atoms with Crippen molar-refractivity contribution in [1.29, 1.82) is 0 Å². The Hall–Kier alpha value is -3.37. The number of aliphatic hydroxyl groups excluding tert-OH is 3. The van der Waals surface area contributed by atoms with Crippen LogP contribution in [-0.2, 0) is 42.9 Å². The van der Waals surface area contributed by atoms with Crippen LogP contribution in [0.5, 0.6) is 0 Å². The van der Waals surface area contributed by atoms with E-state index in [1.54, 1.807) is 48.0 Å². The van der Waals surface area contributed by atoms with Crippen molar-refractivity contribution in [3.05, 3.63) is 47.6 Å². The molecule has 2 bridgehead atoms. The van der Waals surface area contributed by atoms with Crippen molar-refractivity contribution >= 4 is 29.2 Å². The van der Waals surface area contributed by atoms with E-state index in [1.165, 1.54) is 4.90 Å². The highest BCUT2D eigenvalue weighted by Gasteiger charge is 2.53. The molecule has 0 aromatic heterocycles. The summed E-state index contributed by atoms with van der Waals surface area (Å²) >= 11 is 0. The number of cyclic esters (lactones) is 1. The van der Waals surface area contributed by atoms with E-state index in [1.807, 2.05) is 51.2 Å². The Morgan fingerprint density at radius 2 is 1.60 bits per heavy atom. The Balaban J connectivity index is 1.70. The molecule has 0 spiro atoms. The van der Waals surface area contributed by atoms with Crippen LogP contribution in [0.2, 0.25) is 0 Å². The first-order valence-corrected chi connectivity index (χ1v) is 24.0. The molecule has 4 rings (SSSR count). The number of allylic oxidation sites excluding steroid dienone is 6. The van der Waals surface area contributed by atoms with Crippen molar-refractivity contribution in [3.63, 3.8) is 0 Å². The molecule has 0 radical (unpaired) electrons. The van der Waals surface area contributed by atoms with Crippen molar-refractivity contribution in [2.24, 2.45) is 41.4 Å². The van der Waals surface area contributed by atoms with Gasteiger partial charge in [-0.15, -0.1) is 0 Å². The normalized spacial score (nSPS) is 40.4. The van der Waals surface area contributed by atoms with Crippen molar-refractivity contribution < 1.29 is 63.3 Å². The third-order valence-electron chi connectivity index (χ3n) is 14.6. The van der Waals surface area contributed by atoms with E-state index in [9.17, 15) is 44.4 Å².